The SMILES string of the molecule is CCCCCCc1ccc(P(C(C)c2c(C)cccc2CC)C2CCC(CCCCCC)CC2C(C)C)c(C(C)C)c1. The second-order valence-corrected chi connectivity index (χ2v) is 17.2. The van der Waals surface area contributed by atoms with Crippen molar-refractivity contribution in [1.82, 2.24) is 0 Å². The zero-order valence-electron chi connectivity index (χ0n) is 29.3. The molecule has 1 heteroatoms. The molecule has 5 unspecified atom stereocenters. The summed E-state index contributed by atoms with van der Waals surface area (Å²) >= 11 is 0. The van der Waals surface area contributed by atoms with Crippen LogP contribution in [0.3, 0.4) is 0 Å². The largest absolute Gasteiger partial charge is 0.0654 e. The monoisotopic (exact) mass is 590 g/mol. The molecule has 0 aromatic heterocycles. The van der Waals surface area contributed by atoms with Crippen LogP contribution in [-0.4, -0.2) is 5.66 Å². The topological polar surface area (TPSA) is 0 Å². The Kier molecular flexibility index (Phi) is 15.1. The fraction of sp³-hybridized carbons (Fsp3) is 0.707. The van der Waals surface area contributed by atoms with Crippen molar-refractivity contribution in [1.29, 1.82) is 0 Å². The van der Waals surface area contributed by atoms with E-state index in [1.54, 1.807) is 27.6 Å². The number of unbranched alkanes of at least 4 members (excludes halogenated alkanes) is 6. The van der Waals surface area contributed by atoms with Crippen LogP contribution in [0.25, 0.3) is 0 Å². The number of rotatable bonds is 17. The summed E-state index contributed by atoms with van der Waals surface area (Å²) in [6.07, 6.45) is 19.2. The van der Waals surface area contributed by atoms with Crippen molar-refractivity contribution in [3.8, 4) is 0 Å². The van der Waals surface area contributed by atoms with Gasteiger partial charge in [0.2, 0.25) is 0 Å². The van der Waals surface area contributed by atoms with E-state index in [0.29, 0.717) is 11.6 Å². The van der Waals surface area contributed by atoms with Crippen molar-refractivity contribution in [3.63, 3.8) is 0 Å². The fourth-order valence-electron chi connectivity index (χ4n) is 8.14. The molecular formula is C41H67P. The number of hydrogen-bond acceptors (Lipinski definition) is 0. The molecule has 2 aromatic carbocycles. The van der Waals surface area contributed by atoms with E-state index < -0.39 is 0 Å². The molecule has 5 atom stereocenters. The maximum atomic E-state index is 2.65. The predicted molar refractivity (Wildman–Crippen MR) is 192 cm³/mol. The molecule has 236 valence electrons. The summed E-state index contributed by atoms with van der Waals surface area (Å²) in [6, 6.07) is 14.9. The molecule has 0 amide bonds. The summed E-state index contributed by atoms with van der Waals surface area (Å²) in [5, 5.41) is 1.74. The van der Waals surface area contributed by atoms with E-state index in [2.05, 4.69) is 98.7 Å². The van der Waals surface area contributed by atoms with E-state index in [1.807, 2.05) is 0 Å². The minimum Gasteiger partial charge on any atom is -0.0654 e. The minimum absolute atomic E-state index is 0.343. The molecule has 1 aliphatic rings. The Bertz CT molecular complexity index is 1050. The molecule has 0 radical (unpaired) electrons. The van der Waals surface area contributed by atoms with E-state index in [-0.39, 0.29) is 7.92 Å². The first-order chi connectivity index (χ1) is 20.2. The Labute approximate surface area is 264 Å². The van der Waals surface area contributed by atoms with Gasteiger partial charge in [-0.3, -0.25) is 0 Å². The third-order valence-electron chi connectivity index (χ3n) is 10.6. The van der Waals surface area contributed by atoms with Gasteiger partial charge in [-0.15, -0.1) is 0 Å². The highest BCUT2D eigenvalue weighted by molar-refractivity contribution is 7.66. The first kappa shape index (κ1) is 35.4. The van der Waals surface area contributed by atoms with Crippen LogP contribution in [-0.2, 0) is 12.8 Å². The van der Waals surface area contributed by atoms with Crippen molar-refractivity contribution in [2.75, 3.05) is 0 Å². The third kappa shape index (κ3) is 9.43. The molecule has 42 heavy (non-hydrogen) atoms. The molecule has 0 saturated heterocycles. The lowest BCUT2D eigenvalue weighted by molar-refractivity contribution is 0.209. The van der Waals surface area contributed by atoms with Crippen molar-refractivity contribution in [3.05, 3.63) is 64.2 Å². The van der Waals surface area contributed by atoms with Crippen LogP contribution in [0.2, 0.25) is 0 Å². The molecule has 0 heterocycles. The molecule has 3 rings (SSSR count). The van der Waals surface area contributed by atoms with Crippen LogP contribution >= 0.6 is 7.92 Å². The second kappa shape index (κ2) is 18.0. The fourth-order valence-corrected chi connectivity index (χ4v) is 12.3. The van der Waals surface area contributed by atoms with Gasteiger partial charge >= 0.3 is 0 Å². The van der Waals surface area contributed by atoms with Gasteiger partial charge in [0.05, 0.1) is 0 Å². The lowest BCUT2D eigenvalue weighted by Gasteiger charge is -2.46. The average molecular weight is 591 g/mol. The van der Waals surface area contributed by atoms with Crippen molar-refractivity contribution in [2.24, 2.45) is 17.8 Å². The highest BCUT2D eigenvalue weighted by Gasteiger charge is 2.41. The molecule has 1 saturated carbocycles. The van der Waals surface area contributed by atoms with Gasteiger partial charge in [0, 0.05) is 5.66 Å². The summed E-state index contributed by atoms with van der Waals surface area (Å²) in [4.78, 5) is 0. The van der Waals surface area contributed by atoms with Gasteiger partial charge < -0.3 is 0 Å². The lowest BCUT2D eigenvalue weighted by Crippen LogP contribution is -2.35. The second-order valence-electron chi connectivity index (χ2n) is 14.4. The van der Waals surface area contributed by atoms with Crippen molar-refractivity contribution < 1.29 is 0 Å². The van der Waals surface area contributed by atoms with Crippen LogP contribution in [0.4, 0.5) is 0 Å². The molecular weight excluding hydrogens is 523 g/mol. The van der Waals surface area contributed by atoms with E-state index >= 15 is 0 Å². The molecule has 1 fully saturated rings. The lowest BCUT2D eigenvalue weighted by atomic mass is 9.74. The average Bonchev–Trinajstić information content (AvgIpc) is 2.98. The van der Waals surface area contributed by atoms with Crippen LogP contribution in [0.5, 0.6) is 0 Å². The molecule has 0 nitrogen and oxygen atoms in total. The van der Waals surface area contributed by atoms with Crippen molar-refractivity contribution in [2.45, 2.75) is 169 Å². The Morgan fingerprint density at radius 3 is 2.17 bits per heavy atom. The van der Waals surface area contributed by atoms with Gasteiger partial charge in [-0.1, -0.05) is 151 Å². The van der Waals surface area contributed by atoms with Gasteiger partial charge in [0.1, 0.15) is 0 Å². The van der Waals surface area contributed by atoms with Gasteiger partial charge in [0.25, 0.3) is 0 Å². The first-order valence-electron chi connectivity index (χ1n) is 18.2. The summed E-state index contributed by atoms with van der Waals surface area (Å²) in [5.41, 5.74) is 9.42. The molecule has 0 spiro atoms. The van der Waals surface area contributed by atoms with E-state index in [1.165, 1.54) is 89.0 Å². The normalized spacial score (nSPS) is 20.8. The number of aryl methyl sites for hydroxylation is 3. The zero-order chi connectivity index (χ0) is 30.6. The molecule has 1 aliphatic carbocycles. The summed E-state index contributed by atoms with van der Waals surface area (Å²) in [5.74, 6) is 3.11. The Hall–Kier alpha value is -1.13. The van der Waals surface area contributed by atoms with Gasteiger partial charge in [-0.25, -0.2) is 0 Å². The highest BCUT2D eigenvalue weighted by atomic mass is 31.1. The maximum absolute atomic E-state index is 2.65. The van der Waals surface area contributed by atoms with Crippen LogP contribution in [0, 0.1) is 24.7 Å². The Balaban J connectivity index is 2.05. The minimum atomic E-state index is -0.343. The van der Waals surface area contributed by atoms with Gasteiger partial charge in [0.15, 0.2) is 0 Å². The summed E-state index contributed by atoms with van der Waals surface area (Å²) < 4.78 is 0. The summed E-state index contributed by atoms with van der Waals surface area (Å²) in [6.45, 7) is 22.0. The van der Waals surface area contributed by atoms with Crippen LogP contribution in [0.1, 0.15) is 172 Å². The van der Waals surface area contributed by atoms with E-state index in [9.17, 15) is 0 Å². The van der Waals surface area contributed by atoms with Crippen molar-refractivity contribution >= 4 is 13.2 Å². The number of benzene rings is 2. The van der Waals surface area contributed by atoms with Gasteiger partial charge in [-0.2, -0.15) is 0 Å². The Morgan fingerprint density at radius 1 is 0.810 bits per heavy atom. The molecule has 0 aliphatic heterocycles. The first-order valence-corrected chi connectivity index (χ1v) is 19.7. The molecule has 2 aromatic rings. The standard InChI is InChI=1S/C41H67P/c1-10-13-15-17-21-34-24-26-39(37(28-34)30(4)5)42(33(9)41-32(8)20-19-23-36(41)12-3)40-27-25-35(22-18-16-14-11-2)29-38(40)31(6)7/h19-20,23-24,26,28,30-31,33,35,38,40H,10-18,21-22,25,27,29H2,1-9H3. The third-order valence-corrected chi connectivity index (χ3v) is 14.0. The smallest absolute Gasteiger partial charge is 0.00616 e. The van der Waals surface area contributed by atoms with Crippen LogP contribution < -0.4 is 5.30 Å². The maximum Gasteiger partial charge on any atom is 0.00616 e. The van der Waals surface area contributed by atoms with Gasteiger partial charge in [-0.05, 0) is 108 Å². The molecule has 0 N–H and O–H groups in total. The Morgan fingerprint density at radius 2 is 1.52 bits per heavy atom. The quantitative estimate of drug-likeness (QED) is 0.127. The highest BCUT2D eigenvalue weighted by Crippen LogP contribution is 2.62. The molecule has 0 bridgehead atoms. The predicted octanol–water partition coefficient (Wildman–Crippen LogP) is 13.1. The zero-order valence-corrected chi connectivity index (χ0v) is 30.2. The summed E-state index contributed by atoms with van der Waals surface area (Å²) in [7, 11) is -0.343. The number of hydrogen-bond donors (Lipinski definition) is 0. The van der Waals surface area contributed by atoms with Crippen LogP contribution in [0.15, 0.2) is 36.4 Å². The van der Waals surface area contributed by atoms with E-state index in [4.69, 9.17) is 0 Å². The van der Waals surface area contributed by atoms with E-state index in [0.717, 1.165) is 29.8 Å².